The molecule has 0 saturated carbocycles. The number of piperazine rings is 1. The molecule has 27 heavy (non-hydrogen) atoms. The van der Waals surface area contributed by atoms with Gasteiger partial charge in [0.25, 0.3) is 0 Å². The van der Waals surface area contributed by atoms with Crippen molar-refractivity contribution in [2.24, 2.45) is 0 Å². The van der Waals surface area contributed by atoms with Gasteiger partial charge in [0.2, 0.25) is 11.8 Å². The van der Waals surface area contributed by atoms with E-state index in [0.717, 1.165) is 24.2 Å². The SMILES string of the molecule is COc1ccccc1CN1CCNC(=O)[C@@H]1CC(=O)N(C)C1CCOCC1. The van der Waals surface area contributed by atoms with Crippen LogP contribution in [0.5, 0.6) is 5.75 Å². The Morgan fingerprint density at radius 1 is 1.33 bits per heavy atom. The van der Waals surface area contributed by atoms with Crippen molar-refractivity contribution in [3.63, 3.8) is 0 Å². The normalized spacial score (nSPS) is 21.6. The summed E-state index contributed by atoms with van der Waals surface area (Å²) in [4.78, 5) is 29.2. The smallest absolute Gasteiger partial charge is 0.237 e. The number of hydrogen-bond acceptors (Lipinski definition) is 5. The average molecular weight is 375 g/mol. The summed E-state index contributed by atoms with van der Waals surface area (Å²) in [5.74, 6) is 0.728. The molecule has 1 aromatic carbocycles. The molecule has 1 aromatic rings. The van der Waals surface area contributed by atoms with E-state index < -0.39 is 6.04 Å². The zero-order chi connectivity index (χ0) is 19.2. The van der Waals surface area contributed by atoms with E-state index in [1.54, 1.807) is 12.0 Å². The molecule has 0 unspecified atom stereocenters. The predicted octanol–water partition coefficient (Wildman–Crippen LogP) is 1.02. The molecule has 1 N–H and O–H groups in total. The van der Waals surface area contributed by atoms with Gasteiger partial charge in [-0.05, 0) is 18.9 Å². The molecule has 2 aliphatic rings. The van der Waals surface area contributed by atoms with E-state index in [0.29, 0.717) is 32.8 Å². The third-order valence-electron chi connectivity index (χ3n) is 5.51. The van der Waals surface area contributed by atoms with Crippen molar-refractivity contribution in [3.8, 4) is 5.75 Å². The van der Waals surface area contributed by atoms with Crippen LogP contribution >= 0.6 is 0 Å². The van der Waals surface area contributed by atoms with Crippen LogP contribution in [-0.4, -0.2) is 74.2 Å². The zero-order valence-electron chi connectivity index (χ0n) is 16.1. The highest BCUT2D eigenvalue weighted by Gasteiger charge is 2.34. The first-order valence-electron chi connectivity index (χ1n) is 9.57. The standard InChI is InChI=1S/C20H29N3O4/c1-22(16-7-11-27-12-8-16)19(24)13-17-20(25)21-9-10-23(17)14-15-5-3-4-6-18(15)26-2/h3-6,16-17H,7-14H2,1-2H3,(H,21,25)/t17-/m0/s1. The first-order chi connectivity index (χ1) is 13.1. The molecule has 2 heterocycles. The minimum absolute atomic E-state index is 0.00831. The molecule has 1 atom stereocenters. The lowest BCUT2D eigenvalue weighted by molar-refractivity contribution is -0.140. The Bertz CT molecular complexity index is 660. The maximum atomic E-state index is 12.8. The van der Waals surface area contributed by atoms with E-state index in [4.69, 9.17) is 9.47 Å². The summed E-state index contributed by atoms with van der Waals surface area (Å²) in [7, 11) is 3.48. The lowest BCUT2D eigenvalue weighted by Crippen LogP contribution is -2.56. The number of carbonyl (C=O) groups excluding carboxylic acids is 2. The average Bonchev–Trinajstić information content (AvgIpc) is 2.71. The maximum absolute atomic E-state index is 12.8. The molecule has 7 heteroatoms. The molecule has 0 bridgehead atoms. The van der Waals surface area contributed by atoms with Gasteiger partial charge < -0.3 is 19.7 Å². The molecule has 0 spiro atoms. The van der Waals surface area contributed by atoms with Crippen molar-refractivity contribution < 1.29 is 19.1 Å². The summed E-state index contributed by atoms with van der Waals surface area (Å²) in [6, 6.07) is 7.53. The van der Waals surface area contributed by atoms with Crippen LogP contribution in [0.4, 0.5) is 0 Å². The van der Waals surface area contributed by atoms with Crippen LogP contribution in [0.15, 0.2) is 24.3 Å². The number of carbonyl (C=O) groups is 2. The van der Waals surface area contributed by atoms with Gasteiger partial charge in [-0.3, -0.25) is 14.5 Å². The van der Waals surface area contributed by atoms with Gasteiger partial charge in [0, 0.05) is 51.5 Å². The number of nitrogens with one attached hydrogen (secondary N) is 1. The minimum Gasteiger partial charge on any atom is -0.496 e. The Hall–Kier alpha value is -2.12. The second kappa shape index (κ2) is 9.19. The first kappa shape index (κ1) is 19.6. The summed E-state index contributed by atoms with van der Waals surface area (Å²) in [6.45, 7) is 3.26. The molecule has 7 nitrogen and oxygen atoms in total. The summed E-state index contributed by atoms with van der Waals surface area (Å²) >= 11 is 0. The number of methoxy groups -OCH3 is 1. The number of ether oxygens (including phenoxy) is 2. The highest BCUT2D eigenvalue weighted by atomic mass is 16.5. The lowest BCUT2D eigenvalue weighted by atomic mass is 10.0. The van der Waals surface area contributed by atoms with Gasteiger partial charge in [-0.25, -0.2) is 0 Å². The molecule has 0 aromatic heterocycles. The molecule has 2 saturated heterocycles. The van der Waals surface area contributed by atoms with Crippen LogP contribution in [0.3, 0.4) is 0 Å². The molecular formula is C20H29N3O4. The zero-order valence-corrected chi connectivity index (χ0v) is 16.1. The summed E-state index contributed by atoms with van der Waals surface area (Å²) < 4.78 is 10.8. The van der Waals surface area contributed by atoms with Crippen molar-refractivity contribution in [2.75, 3.05) is 40.5 Å². The fraction of sp³-hybridized carbons (Fsp3) is 0.600. The molecule has 2 aliphatic heterocycles. The van der Waals surface area contributed by atoms with E-state index >= 15 is 0 Å². The maximum Gasteiger partial charge on any atom is 0.237 e. The van der Waals surface area contributed by atoms with Gasteiger partial charge in [-0.15, -0.1) is 0 Å². The highest BCUT2D eigenvalue weighted by molar-refractivity contribution is 5.88. The highest BCUT2D eigenvalue weighted by Crippen LogP contribution is 2.23. The van der Waals surface area contributed by atoms with Crippen molar-refractivity contribution >= 4 is 11.8 Å². The van der Waals surface area contributed by atoms with Crippen molar-refractivity contribution in [1.82, 2.24) is 15.1 Å². The number of nitrogens with zero attached hydrogens (tertiary/aromatic N) is 2. The van der Waals surface area contributed by atoms with Crippen LogP contribution in [0.2, 0.25) is 0 Å². The van der Waals surface area contributed by atoms with Crippen LogP contribution in [0.25, 0.3) is 0 Å². The molecule has 148 valence electrons. The van der Waals surface area contributed by atoms with E-state index in [1.165, 1.54) is 0 Å². The number of hydrogen-bond donors (Lipinski definition) is 1. The lowest BCUT2D eigenvalue weighted by Gasteiger charge is -2.37. The van der Waals surface area contributed by atoms with Crippen molar-refractivity contribution in [1.29, 1.82) is 0 Å². The monoisotopic (exact) mass is 375 g/mol. The quantitative estimate of drug-likeness (QED) is 0.804. The second-order valence-electron chi connectivity index (χ2n) is 7.14. The summed E-state index contributed by atoms with van der Waals surface area (Å²) in [5, 5.41) is 2.90. The Balaban J connectivity index is 1.68. The topological polar surface area (TPSA) is 71.1 Å². The van der Waals surface area contributed by atoms with Crippen molar-refractivity contribution in [3.05, 3.63) is 29.8 Å². The largest absolute Gasteiger partial charge is 0.496 e. The Morgan fingerprint density at radius 2 is 2.07 bits per heavy atom. The molecule has 3 rings (SSSR count). The minimum atomic E-state index is -0.460. The van der Waals surface area contributed by atoms with E-state index in [1.807, 2.05) is 31.3 Å². The Morgan fingerprint density at radius 3 is 2.81 bits per heavy atom. The van der Waals surface area contributed by atoms with Crippen LogP contribution in [0.1, 0.15) is 24.8 Å². The van der Waals surface area contributed by atoms with Gasteiger partial charge in [0.05, 0.1) is 19.6 Å². The van der Waals surface area contributed by atoms with Crippen LogP contribution in [-0.2, 0) is 20.9 Å². The number of para-hydroxylation sites is 1. The fourth-order valence-corrected chi connectivity index (χ4v) is 3.81. The summed E-state index contributed by atoms with van der Waals surface area (Å²) in [5.41, 5.74) is 1.02. The number of rotatable bonds is 6. The first-order valence-corrected chi connectivity index (χ1v) is 9.57. The van der Waals surface area contributed by atoms with Gasteiger partial charge >= 0.3 is 0 Å². The van der Waals surface area contributed by atoms with E-state index in [-0.39, 0.29) is 24.3 Å². The molecular weight excluding hydrogens is 346 g/mol. The number of amides is 2. The van der Waals surface area contributed by atoms with Crippen molar-refractivity contribution in [2.45, 2.75) is 37.9 Å². The third kappa shape index (κ3) is 4.78. The predicted molar refractivity (Wildman–Crippen MR) is 101 cm³/mol. The van der Waals surface area contributed by atoms with E-state index in [2.05, 4.69) is 10.2 Å². The van der Waals surface area contributed by atoms with E-state index in [9.17, 15) is 9.59 Å². The van der Waals surface area contributed by atoms with Crippen LogP contribution < -0.4 is 10.1 Å². The second-order valence-corrected chi connectivity index (χ2v) is 7.14. The number of benzene rings is 1. The summed E-state index contributed by atoms with van der Waals surface area (Å²) in [6.07, 6.45) is 1.89. The molecule has 2 amide bonds. The van der Waals surface area contributed by atoms with Gasteiger partial charge in [-0.2, -0.15) is 0 Å². The third-order valence-corrected chi connectivity index (χ3v) is 5.51. The van der Waals surface area contributed by atoms with Gasteiger partial charge in [-0.1, -0.05) is 18.2 Å². The molecule has 0 radical (unpaired) electrons. The van der Waals surface area contributed by atoms with Crippen LogP contribution in [0, 0.1) is 0 Å². The Kier molecular flexibility index (Phi) is 6.68. The molecule has 2 fully saturated rings. The Labute approximate surface area is 160 Å². The fourth-order valence-electron chi connectivity index (χ4n) is 3.81. The van der Waals surface area contributed by atoms with Gasteiger partial charge in [0.1, 0.15) is 5.75 Å². The molecule has 0 aliphatic carbocycles. The van der Waals surface area contributed by atoms with Gasteiger partial charge in [0.15, 0.2) is 0 Å².